The van der Waals surface area contributed by atoms with E-state index in [0.29, 0.717) is 61.9 Å². The molecule has 3 aliphatic heterocycles. The van der Waals surface area contributed by atoms with Crippen LogP contribution in [-0.2, 0) is 22.6 Å². The van der Waals surface area contributed by atoms with E-state index in [1.54, 1.807) is 26.3 Å². The summed E-state index contributed by atoms with van der Waals surface area (Å²) in [6, 6.07) is 18.8. The van der Waals surface area contributed by atoms with Crippen molar-refractivity contribution in [3.63, 3.8) is 0 Å². The molecule has 1 fully saturated rings. The van der Waals surface area contributed by atoms with E-state index in [1.807, 2.05) is 66.9 Å². The average Bonchev–Trinajstić information content (AvgIpc) is 3.69. The van der Waals surface area contributed by atoms with Crippen LogP contribution in [0.2, 0.25) is 5.02 Å². The van der Waals surface area contributed by atoms with Gasteiger partial charge in [0.25, 0.3) is 0 Å². The van der Waals surface area contributed by atoms with Crippen molar-refractivity contribution < 1.29 is 33.2 Å². The molecule has 0 N–H and O–H groups in total. The summed E-state index contributed by atoms with van der Waals surface area (Å²) in [5.41, 5.74) is 4.60. The third kappa shape index (κ3) is 9.05. The van der Waals surface area contributed by atoms with E-state index in [9.17, 15) is 4.79 Å². The number of ether oxygens (including phenoxy) is 6. The molecule has 0 amide bonds. The number of para-hydroxylation sites is 1. The minimum atomic E-state index is -1.11. The molecule has 3 aliphatic rings. The van der Waals surface area contributed by atoms with E-state index in [2.05, 4.69) is 31.8 Å². The van der Waals surface area contributed by atoms with Gasteiger partial charge in [0.2, 0.25) is 12.0 Å². The number of piperazine rings is 1. The van der Waals surface area contributed by atoms with Gasteiger partial charge in [-0.25, -0.2) is 24.7 Å². The van der Waals surface area contributed by atoms with Crippen molar-refractivity contribution >= 4 is 39.1 Å². The number of rotatable bonds is 9. The van der Waals surface area contributed by atoms with Crippen LogP contribution in [0.1, 0.15) is 23.7 Å². The first-order valence-electron chi connectivity index (χ1n) is 19.5. The van der Waals surface area contributed by atoms with Crippen molar-refractivity contribution in [3.05, 3.63) is 100 Å². The van der Waals surface area contributed by atoms with Gasteiger partial charge in [0, 0.05) is 61.8 Å². The van der Waals surface area contributed by atoms with Crippen LogP contribution in [0.4, 0.5) is 0 Å². The van der Waals surface area contributed by atoms with E-state index < -0.39 is 12.1 Å². The van der Waals surface area contributed by atoms with Gasteiger partial charge in [0.15, 0.2) is 5.82 Å². The summed E-state index contributed by atoms with van der Waals surface area (Å²) in [4.78, 5) is 37.6. The number of aromatic nitrogens is 4. The maximum Gasteiger partial charge on any atom is 0.347 e. The van der Waals surface area contributed by atoms with Crippen molar-refractivity contribution in [1.82, 2.24) is 29.7 Å². The van der Waals surface area contributed by atoms with Crippen molar-refractivity contribution in [1.29, 1.82) is 0 Å². The summed E-state index contributed by atoms with van der Waals surface area (Å²) in [6.45, 7) is 8.64. The van der Waals surface area contributed by atoms with Crippen molar-refractivity contribution in [2.24, 2.45) is 0 Å². The van der Waals surface area contributed by atoms with Crippen molar-refractivity contribution in [2.75, 3.05) is 60.1 Å². The molecule has 0 unspecified atom stereocenters. The third-order valence-electron chi connectivity index (χ3n) is 10.4. The Morgan fingerprint density at radius 3 is 2.64 bits per heavy atom. The minimum absolute atomic E-state index is 0.0763. The summed E-state index contributed by atoms with van der Waals surface area (Å²) in [6.07, 6.45) is 1.74. The molecule has 9 rings (SSSR count). The zero-order valence-corrected chi connectivity index (χ0v) is 34.9. The second kappa shape index (κ2) is 18.2. The van der Waals surface area contributed by atoms with Crippen LogP contribution < -0.4 is 23.7 Å². The molecule has 3 aromatic carbocycles. The summed E-state index contributed by atoms with van der Waals surface area (Å²) in [5, 5.41) is 3.17. The zero-order chi connectivity index (χ0) is 40.9. The summed E-state index contributed by atoms with van der Waals surface area (Å²) >= 11 is 8.57. The molecule has 4 bridgehead atoms. The third-order valence-corrected chi connectivity index (χ3v) is 11.8. The Hall–Kier alpha value is -5.54. The first-order valence-corrected chi connectivity index (χ1v) is 20.8. The minimum Gasteiger partial charge on any atom is -0.496 e. The Labute approximate surface area is 351 Å². The molecule has 2 atom stereocenters. The Kier molecular flexibility index (Phi) is 12.4. The number of fused-ring (bicyclic) bond motifs is 7. The predicted octanol–water partition coefficient (Wildman–Crippen LogP) is 7.31. The standard InChI is InChI=1S/C44H45ClN6O7S/c1-5-54-44(52)38-21-28-20-30(10-12-35(28)56-23-29-14-15-46-41(49-29)33-8-6-7-9-36(33)53-4)55-24-31(22-51-18-16-50(3)17-19-51)57-37-13-11-32(27(2)40(37)45)34-25-59-43-39(34)42(58-38)47-26-48-43/h6-15,20,25-26,31,38H,5,16-19,21-24H2,1-4H3/t31-,38-/m1/s1. The highest BCUT2D eigenvalue weighted by molar-refractivity contribution is 7.17. The van der Waals surface area contributed by atoms with Gasteiger partial charge in [-0.05, 0) is 74.5 Å². The van der Waals surface area contributed by atoms with Gasteiger partial charge >= 0.3 is 5.97 Å². The number of esters is 1. The molecule has 59 heavy (non-hydrogen) atoms. The number of methoxy groups -OCH3 is 1. The number of halogens is 1. The number of nitrogens with zero attached hydrogens (tertiary/aromatic N) is 6. The van der Waals surface area contributed by atoms with Gasteiger partial charge in [-0.2, -0.15) is 0 Å². The molecule has 1 saturated heterocycles. The molecule has 0 saturated carbocycles. The molecular formula is C44H45ClN6O7S. The SMILES string of the molecule is CCOC(=O)[C@H]1Cc2cc(ccc2OCc2ccnc(-c3ccccc3OC)n2)OC[C@@H](CN2CCN(C)CC2)Oc2ccc(c(C)c2Cl)-c2csc3ncnc(c23)O1. The van der Waals surface area contributed by atoms with Crippen LogP contribution in [0.3, 0.4) is 0 Å². The number of carbonyl (C=O) groups is 1. The fourth-order valence-electron chi connectivity index (χ4n) is 7.27. The van der Waals surface area contributed by atoms with Gasteiger partial charge in [-0.3, -0.25) is 4.90 Å². The lowest BCUT2D eigenvalue weighted by Gasteiger charge is -2.34. The Balaban J connectivity index is 1.18. The van der Waals surface area contributed by atoms with Crippen LogP contribution in [0, 0.1) is 6.92 Å². The van der Waals surface area contributed by atoms with Crippen LogP contribution in [-0.4, -0.2) is 108 Å². The highest BCUT2D eigenvalue weighted by Crippen LogP contribution is 2.43. The highest BCUT2D eigenvalue weighted by atomic mass is 35.5. The molecular weight excluding hydrogens is 792 g/mol. The van der Waals surface area contributed by atoms with E-state index in [-0.39, 0.29) is 38.2 Å². The summed E-state index contributed by atoms with van der Waals surface area (Å²) < 4.78 is 37.4. The lowest BCUT2D eigenvalue weighted by atomic mass is 10.0. The molecule has 3 aromatic heterocycles. The van der Waals surface area contributed by atoms with Gasteiger partial charge in [0.1, 0.15) is 53.5 Å². The number of carbonyl (C=O) groups excluding carboxylic acids is 1. The van der Waals surface area contributed by atoms with E-state index >= 15 is 0 Å². The smallest absolute Gasteiger partial charge is 0.347 e. The fraction of sp³-hybridized carbons (Fsp3) is 0.341. The molecule has 6 aromatic rings. The fourth-order valence-corrected chi connectivity index (χ4v) is 8.37. The number of hydrogen-bond donors (Lipinski definition) is 0. The summed E-state index contributed by atoms with van der Waals surface area (Å²) in [7, 11) is 3.75. The van der Waals surface area contributed by atoms with E-state index in [0.717, 1.165) is 48.4 Å². The molecule has 6 heterocycles. The normalized spacial score (nSPS) is 17.4. The van der Waals surface area contributed by atoms with Crippen molar-refractivity contribution in [2.45, 2.75) is 39.1 Å². The molecule has 0 spiro atoms. The maximum atomic E-state index is 13.8. The van der Waals surface area contributed by atoms with Gasteiger partial charge < -0.3 is 33.3 Å². The second-order valence-electron chi connectivity index (χ2n) is 14.4. The largest absolute Gasteiger partial charge is 0.496 e. The molecule has 306 valence electrons. The van der Waals surface area contributed by atoms with Gasteiger partial charge in [-0.1, -0.05) is 29.8 Å². The predicted molar refractivity (Wildman–Crippen MR) is 226 cm³/mol. The Morgan fingerprint density at radius 1 is 0.966 bits per heavy atom. The first-order chi connectivity index (χ1) is 28.8. The lowest BCUT2D eigenvalue weighted by Crippen LogP contribution is -2.49. The number of thiophene rings is 1. The number of benzene rings is 3. The monoisotopic (exact) mass is 836 g/mol. The van der Waals surface area contributed by atoms with E-state index in [4.69, 9.17) is 45.0 Å². The number of likely N-dealkylation sites (N-methyl/N-ethyl adjacent to an activating group) is 1. The van der Waals surface area contributed by atoms with Crippen LogP contribution >= 0.6 is 22.9 Å². The molecule has 0 radical (unpaired) electrons. The van der Waals surface area contributed by atoms with Gasteiger partial charge in [0.05, 0.1) is 35.4 Å². The highest BCUT2D eigenvalue weighted by Gasteiger charge is 2.29. The zero-order valence-electron chi connectivity index (χ0n) is 33.4. The Bertz CT molecular complexity index is 2440. The quantitative estimate of drug-likeness (QED) is 0.135. The number of hydrogen-bond acceptors (Lipinski definition) is 14. The maximum absolute atomic E-state index is 13.8. The van der Waals surface area contributed by atoms with Crippen LogP contribution in [0.5, 0.6) is 28.9 Å². The average molecular weight is 837 g/mol. The molecule has 0 aliphatic carbocycles. The van der Waals surface area contributed by atoms with Gasteiger partial charge in [-0.15, -0.1) is 11.3 Å². The topological polar surface area (TPSA) is 130 Å². The van der Waals surface area contributed by atoms with Crippen LogP contribution in [0.25, 0.3) is 32.7 Å². The molecule has 15 heteroatoms. The first kappa shape index (κ1) is 40.2. The second-order valence-corrected chi connectivity index (χ2v) is 15.6. The van der Waals surface area contributed by atoms with Crippen molar-refractivity contribution in [3.8, 4) is 51.4 Å². The molecule has 13 nitrogen and oxygen atoms in total. The van der Waals surface area contributed by atoms with Crippen LogP contribution in [0.15, 0.2) is 78.6 Å². The lowest BCUT2D eigenvalue weighted by molar-refractivity contribution is -0.151. The van der Waals surface area contributed by atoms with E-state index in [1.165, 1.54) is 17.7 Å². The summed E-state index contributed by atoms with van der Waals surface area (Å²) in [5.74, 6) is 2.52. The Morgan fingerprint density at radius 2 is 1.81 bits per heavy atom.